The average molecular weight is 329 g/mol. The lowest BCUT2D eigenvalue weighted by Gasteiger charge is -2.05. The number of aryl methyl sites for hydroxylation is 1. The van der Waals surface area contributed by atoms with Crippen molar-refractivity contribution in [3.8, 4) is 0 Å². The van der Waals surface area contributed by atoms with E-state index in [9.17, 15) is 4.79 Å². The number of carbonyl (C=O) groups excluding carboxylic acids is 1. The highest BCUT2D eigenvalue weighted by Crippen LogP contribution is 2.19. The molecule has 0 radical (unpaired) electrons. The molecule has 0 amide bonds. The zero-order valence-corrected chi connectivity index (χ0v) is 12.1. The quantitative estimate of drug-likeness (QED) is 0.809. The summed E-state index contributed by atoms with van der Waals surface area (Å²) in [5.41, 5.74) is 0.756. The normalized spacial score (nSPS) is 10.6. The minimum absolute atomic E-state index is 0.210. The van der Waals surface area contributed by atoms with Crippen LogP contribution in [0.1, 0.15) is 29.5 Å². The topological polar surface area (TPSA) is 47.8 Å². The van der Waals surface area contributed by atoms with Gasteiger partial charge in [-0.1, -0.05) is 18.5 Å². The predicted octanol–water partition coefficient (Wildman–Crippen LogP) is 3.34. The Labute approximate surface area is 118 Å². The summed E-state index contributed by atoms with van der Waals surface area (Å²) < 4.78 is 2.45. The van der Waals surface area contributed by atoms with Gasteiger partial charge in [0.15, 0.2) is 0 Å². The number of pyridine rings is 1. The van der Waals surface area contributed by atoms with Crippen molar-refractivity contribution in [2.24, 2.45) is 0 Å². The maximum Gasteiger partial charge on any atom is 0.230 e. The Bertz CT molecular complexity index is 565. The highest BCUT2D eigenvalue weighted by Gasteiger charge is 2.19. The van der Waals surface area contributed by atoms with Gasteiger partial charge < -0.3 is 0 Å². The van der Waals surface area contributed by atoms with Crippen molar-refractivity contribution in [3.63, 3.8) is 0 Å². The molecular formula is C12H11BrClN3O. The average Bonchev–Trinajstić information content (AvgIpc) is 2.71. The second kappa shape index (κ2) is 5.63. The molecule has 0 aliphatic heterocycles. The molecule has 2 rings (SSSR count). The molecule has 6 heteroatoms. The molecule has 0 aliphatic rings. The van der Waals surface area contributed by atoms with Crippen molar-refractivity contribution in [2.75, 3.05) is 0 Å². The fraction of sp³-hybridized carbons (Fsp3) is 0.250. The minimum atomic E-state index is -0.210. The number of hydrogen-bond acceptors (Lipinski definition) is 3. The molecule has 2 aromatic rings. The van der Waals surface area contributed by atoms with Crippen molar-refractivity contribution in [2.45, 2.75) is 19.9 Å². The van der Waals surface area contributed by atoms with E-state index in [1.165, 1.54) is 6.20 Å². The summed E-state index contributed by atoms with van der Waals surface area (Å²) >= 11 is 9.30. The zero-order chi connectivity index (χ0) is 13.1. The standard InChI is InChI=1S/C12H11BrClN3O/c1-2-5-17-11(9(14)7-16-17)12(18)10-4-3-8(13)6-15-10/h3-4,6-7H,2,5H2,1H3. The lowest BCUT2D eigenvalue weighted by molar-refractivity contribution is 0.102. The number of hydrogen-bond donors (Lipinski definition) is 0. The molecular weight excluding hydrogens is 318 g/mol. The molecule has 2 aromatic heterocycles. The minimum Gasteiger partial charge on any atom is -0.285 e. The Kier molecular flexibility index (Phi) is 4.14. The third-order valence-electron chi connectivity index (χ3n) is 2.41. The van der Waals surface area contributed by atoms with Gasteiger partial charge in [0.2, 0.25) is 5.78 Å². The predicted molar refractivity (Wildman–Crippen MR) is 72.9 cm³/mol. The van der Waals surface area contributed by atoms with Crippen molar-refractivity contribution in [3.05, 3.63) is 45.4 Å². The molecule has 0 fully saturated rings. The van der Waals surface area contributed by atoms with Gasteiger partial charge in [0.1, 0.15) is 11.4 Å². The monoisotopic (exact) mass is 327 g/mol. The van der Waals surface area contributed by atoms with E-state index in [1.54, 1.807) is 23.0 Å². The van der Waals surface area contributed by atoms with Crippen LogP contribution >= 0.6 is 27.5 Å². The second-order valence-corrected chi connectivity index (χ2v) is 5.08. The van der Waals surface area contributed by atoms with Gasteiger partial charge in [0.25, 0.3) is 0 Å². The van der Waals surface area contributed by atoms with E-state index in [-0.39, 0.29) is 5.78 Å². The van der Waals surface area contributed by atoms with Gasteiger partial charge in [0, 0.05) is 17.2 Å². The smallest absolute Gasteiger partial charge is 0.230 e. The maximum absolute atomic E-state index is 12.3. The van der Waals surface area contributed by atoms with Crippen LogP contribution in [0.4, 0.5) is 0 Å². The first kappa shape index (κ1) is 13.2. The van der Waals surface area contributed by atoms with E-state index in [0.717, 1.165) is 10.9 Å². The van der Waals surface area contributed by atoms with Crippen LogP contribution in [0.5, 0.6) is 0 Å². The summed E-state index contributed by atoms with van der Waals surface area (Å²) in [6.07, 6.45) is 3.96. The van der Waals surface area contributed by atoms with E-state index in [1.807, 2.05) is 6.92 Å². The third kappa shape index (κ3) is 2.62. The molecule has 0 N–H and O–H groups in total. The molecule has 0 unspecified atom stereocenters. The molecule has 0 bridgehead atoms. The van der Waals surface area contributed by atoms with Crippen molar-refractivity contribution >= 4 is 33.3 Å². The lowest BCUT2D eigenvalue weighted by atomic mass is 10.2. The number of nitrogens with zero attached hydrogens (tertiary/aromatic N) is 3. The van der Waals surface area contributed by atoms with Crippen LogP contribution in [0.15, 0.2) is 29.0 Å². The molecule has 2 heterocycles. The Morgan fingerprint density at radius 2 is 2.22 bits per heavy atom. The SMILES string of the molecule is CCCn1ncc(Cl)c1C(=O)c1ccc(Br)cn1. The number of halogens is 2. The van der Waals surface area contributed by atoms with Gasteiger partial charge in [-0.05, 0) is 34.5 Å². The van der Waals surface area contributed by atoms with Crippen LogP contribution in [0, 0.1) is 0 Å². The molecule has 18 heavy (non-hydrogen) atoms. The molecule has 0 saturated carbocycles. The molecule has 94 valence electrons. The molecule has 4 nitrogen and oxygen atoms in total. The van der Waals surface area contributed by atoms with E-state index in [0.29, 0.717) is 23.0 Å². The summed E-state index contributed by atoms with van der Waals surface area (Å²) in [6.45, 7) is 2.67. The largest absolute Gasteiger partial charge is 0.285 e. The summed E-state index contributed by atoms with van der Waals surface area (Å²) in [6, 6.07) is 3.43. The first-order valence-corrected chi connectivity index (χ1v) is 6.68. The Morgan fingerprint density at radius 1 is 1.44 bits per heavy atom. The number of carbonyl (C=O) groups is 1. The van der Waals surface area contributed by atoms with Gasteiger partial charge in [-0.2, -0.15) is 5.10 Å². The van der Waals surface area contributed by atoms with Gasteiger partial charge in [-0.3, -0.25) is 14.5 Å². The first-order chi connectivity index (χ1) is 8.63. The number of ketones is 1. The summed E-state index contributed by atoms with van der Waals surface area (Å²) in [5, 5.41) is 4.46. The lowest BCUT2D eigenvalue weighted by Crippen LogP contribution is -2.13. The van der Waals surface area contributed by atoms with Crippen LogP contribution in [0.25, 0.3) is 0 Å². The van der Waals surface area contributed by atoms with E-state index in [2.05, 4.69) is 26.0 Å². The molecule has 0 saturated heterocycles. The first-order valence-electron chi connectivity index (χ1n) is 5.51. The van der Waals surface area contributed by atoms with Crippen LogP contribution in [0.2, 0.25) is 5.02 Å². The van der Waals surface area contributed by atoms with Crippen molar-refractivity contribution in [1.29, 1.82) is 0 Å². The molecule has 0 aliphatic carbocycles. The fourth-order valence-corrected chi connectivity index (χ4v) is 2.06. The summed E-state index contributed by atoms with van der Waals surface area (Å²) in [7, 11) is 0. The van der Waals surface area contributed by atoms with E-state index >= 15 is 0 Å². The van der Waals surface area contributed by atoms with Crippen LogP contribution in [-0.4, -0.2) is 20.5 Å². The zero-order valence-electron chi connectivity index (χ0n) is 9.73. The van der Waals surface area contributed by atoms with Crippen LogP contribution in [0.3, 0.4) is 0 Å². The highest BCUT2D eigenvalue weighted by molar-refractivity contribution is 9.10. The Hall–Kier alpha value is -1.20. The van der Waals surface area contributed by atoms with Crippen molar-refractivity contribution in [1.82, 2.24) is 14.8 Å². The molecule has 0 spiro atoms. The molecule has 0 aromatic carbocycles. The number of aromatic nitrogens is 3. The highest BCUT2D eigenvalue weighted by atomic mass is 79.9. The number of rotatable bonds is 4. The summed E-state index contributed by atoms with van der Waals surface area (Å²) in [4.78, 5) is 16.4. The second-order valence-electron chi connectivity index (χ2n) is 3.76. The van der Waals surface area contributed by atoms with Crippen LogP contribution < -0.4 is 0 Å². The fourth-order valence-electron chi connectivity index (χ4n) is 1.60. The maximum atomic E-state index is 12.3. The van der Waals surface area contributed by atoms with Gasteiger partial charge in [-0.25, -0.2) is 0 Å². The van der Waals surface area contributed by atoms with E-state index < -0.39 is 0 Å². The van der Waals surface area contributed by atoms with Crippen molar-refractivity contribution < 1.29 is 4.79 Å². The van der Waals surface area contributed by atoms with Crippen LogP contribution in [-0.2, 0) is 6.54 Å². The molecule has 0 atom stereocenters. The Morgan fingerprint density at radius 3 is 2.83 bits per heavy atom. The van der Waals surface area contributed by atoms with Gasteiger partial charge >= 0.3 is 0 Å². The van der Waals surface area contributed by atoms with Gasteiger partial charge in [-0.15, -0.1) is 0 Å². The van der Waals surface area contributed by atoms with E-state index in [4.69, 9.17) is 11.6 Å². The van der Waals surface area contributed by atoms with Gasteiger partial charge in [0.05, 0.1) is 11.2 Å². The Balaban J connectivity index is 2.39. The third-order valence-corrected chi connectivity index (χ3v) is 3.15. The summed E-state index contributed by atoms with van der Waals surface area (Å²) in [5.74, 6) is -0.210.